The normalized spacial score (nSPS) is 12.2. The van der Waals surface area contributed by atoms with Gasteiger partial charge in [0.15, 0.2) is 6.10 Å². The van der Waals surface area contributed by atoms with Crippen molar-refractivity contribution in [3.8, 4) is 5.75 Å². The standard InChI is InChI=1S/C18H16F4N2O3/c1-11(27-15-7-5-14(19)6-8-15)17(26)24-23-16(25)10-12-3-2-4-13(9-12)18(20,21)22/h2-9,11H,10H2,1H3,(H,23,25)(H,24,26). The van der Waals surface area contributed by atoms with Crippen LogP contribution in [-0.2, 0) is 22.2 Å². The number of carbonyl (C=O) groups is 2. The molecular weight excluding hydrogens is 368 g/mol. The number of alkyl halides is 3. The van der Waals surface area contributed by atoms with Crippen LogP contribution in [0.3, 0.4) is 0 Å². The van der Waals surface area contributed by atoms with E-state index in [1.165, 1.54) is 31.2 Å². The maximum absolute atomic E-state index is 12.8. The van der Waals surface area contributed by atoms with E-state index in [2.05, 4.69) is 10.9 Å². The fraction of sp³-hybridized carbons (Fsp3) is 0.222. The van der Waals surface area contributed by atoms with Gasteiger partial charge in [-0.15, -0.1) is 0 Å². The molecule has 2 rings (SSSR count). The molecule has 0 radical (unpaired) electrons. The lowest BCUT2D eigenvalue weighted by atomic mass is 10.1. The monoisotopic (exact) mass is 384 g/mol. The van der Waals surface area contributed by atoms with Crippen LogP contribution in [0.4, 0.5) is 17.6 Å². The predicted octanol–water partition coefficient (Wildman–Crippen LogP) is 3.00. The molecule has 0 aliphatic rings. The van der Waals surface area contributed by atoms with Crippen molar-refractivity contribution in [3.63, 3.8) is 0 Å². The average Bonchev–Trinajstić information content (AvgIpc) is 2.61. The number of hydrazine groups is 1. The van der Waals surface area contributed by atoms with E-state index in [9.17, 15) is 27.2 Å². The Morgan fingerprint density at radius 3 is 2.37 bits per heavy atom. The van der Waals surface area contributed by atoms with Gasteiger partial charge in [-0.2, -0.15) is 13.2 Å². The van der Waals surface area contributed by atoms with Gasteiger partial charge in [0.05, 0.1) is 12.0 Å². The highest BCUT2D eigenvalue weighted by molar-refractivity contribution is 5.85. The van der Waals surface area contributed by atoms with Crippen LogP contribution < -0.4 is 15.6 Å². The molecule has 0 aliphatic heterocycles. The van der Waals surface area contributed by atoms with Gasteiger partial charge in [0.1, 0.15) is 11.6 Å². The first-order chi connectivity index (χ1) is 12.6. The Morgan fingerprint density at radius 2 is 1.74 bits per heavy atom. The molecule has 0 spiro atoms. The van der Waals surface area contributed by atoms with Crippen molar-refractivity contribution in [2.75, 3.05) is 0 Å². The van der Waals surface area contributed by atoms with Crippen molar-refractivity contribution >= 4 is 11.8 Å². The van der Waals surface area contributed by atoms with Gasteiger partial charge in [-0.3, -0.25) is 20.4 Å². The molecule has 0 bridgehead atoms. The van der Waals surface area contributed by atoms with Gasteiger partial charge in [0.2, 0.25) is 5.91 Å². The summed E-state index contributed by atoms with van der Waals surface area (Å²) >= 11 is 0. The fourth-order valence-corrected chi connectivity index (χ4v) is 2.09. The maximum Gasteiger partial charge on any atom is 0.416 e. The molecule has 1 unspecified atom stereocenters. The van der Waals surface area contributed by atoms with Gasteiger partial charge < -0.3 is 4.74 Å². The molecule has 0 aromatic heterocycles. The van der Waals surface area contributed by atoms with Crippen molar-refractivity contribution in [1.82, 2.24) is 10.9 Å². The van der Waals surface area contributed by atoms with Crippen LogP contribution in [0.15, 0.2) is 48.5 Å². The highest BCUT2D eigenvalue weighted by Gasteiger charge is 2.30. The van der Waals surface area contributed by atoms with E-state index >= 15 is 0 Å². The summed E-state index contributed by atoms with van der Waals surface area (Å²) in [5, 5.41) is 0. The molecular formula is C18H16F4N2O3. The summed E-state index contributed by atoms with van der Waals surface area (Å²) in [5.41, 5.74) is 3.51. The molecule has 0 heterocycles. The highest BCUT2D eigenvalue weighted by Crippen LogP contribution is 2.29. The lowest BCUT2D eigenvalue weighted by Crippen LogP contribution is -2.47. The summed E-state index contributed by atoms with van der Waals surface area (Å²) in [6.45, 7) is 1.41. The molecule has 0 aliphatic carbocycles. The maximum atomic E-state index is 12.8. The highest BCUT2D eigenvalue weighted by atomic mass is 19.4. The third kappa shape index (κ3) is 6.28. The van der Waals surface area contributed by atoms with E-state index in [0.29, 0.717) is 0 Å². The largest absolute Gasteiger partial charge is 0.481 e. The number of benzene rings is 2. The number of rotatable bonds is 5. The summed E-state index contributed by atoms with van der Waals surface area (Å²) in [6, 6.07) is 9.34. The molecule has 27 heavy (non-hydrogen) atoms. The Balaban J connectivity index is 1.84. The van der Waals surface area contributed by atoms with Crippen molar-refractivity contribution in [1.29, 1.82) is 0 Å². The zero-order chi connectivity index (χ0) is 20.0. The van der Waals surface area contributed by atoms with Crippen LogP contribution in [0.1, 0.15) is 18.1 Å². The molecule has 0 saturated carbocycles. The summed E-state index contributed by atoms with van der Waals surface area (Å²) in [4.78, 5) is 23.7. The van der Waals surface area contributed by atoms with E-state index in [0.717, 1.165) is 24.3 Å². The van der Waals surface area contributed by atoms with E-state index in [1.54, 1.807) is 0 Å². The van der Waals surface area contributed by atoms with Crippen molar-refractivity contribution in [3.05, 3.63) is 65.5 Å². The Bertz CT molecular complexity index is 807. The van der Waals surface area contributed by atoms with Gasteiger partial charge >= 0.3 is 6.18 Å². The van der Waals surface area contributed by atoms with Gasteiger partial charge in [-0.05, 0) is 42.8 Å². The Hall–Kier alpha value is -3.10. The predicted molar refractivity (Wildman–Crippen MR) is 87.9 cm³/mol. The molecule has 2 aromatic rings. The molecule has 2 aromatic carbocycles. The molecule has 0 saturated heterocycles. The third-order valence-electron chi connectivity index (χ3n) is 3.44. The van der Waals surface area contributed by atoms with Crippen LogP contribution >= 0.6 is 0 Å². The quantitative estimate of drug-likeness (QED) is 0.615. The minimum absolute atomic E-state index is 0.146. The van der Waals surface area contributed by atoms with Crippen molar-refractivity contribution < 1.29 is 31.9 Å². The topological polar surface area (TPSA) is 67.4 Å². The van der Waals surface area contributed by atoms with Crippen molar-refractivity contribution in [2.45, 2.75) is 25.6 Å². The summed E-state index contributed by atoms with van der Waals surface area (Å²) < 4.78 is 56.1. The Labute approximate surface area is 152 Å². The van der Waals surface area contributed by atoms with Crippen LogP contribution in [0.5, 0.6) is 5.75 Å². The molecule has 2 N–H and O–H groups in total. The molecule has 144 valence electrons. The Kier molecular flexibility index (Phi) is 6.38. The summed E-state index contributed by atoms with van der Waals surface area (Å²) in [6.07, 6.45) is -5.85. The van der Waals surface area contributed by atoms with Crippen LogP contribution in [0.25, 0.3) is 0 Å². The zero-order valence-electron chi connectivity index (χ0n) is 14.1. The van der Waals surface area contributed by atoms with Crippen LogP contribution in [0, 0.1) is 5.82 Å². The molecule has 0 fully saturated rings. The SMILES string of the molecule is CC(Oc1ccc(F)cc1)C(=O)NNC(=O)Cc1cccc(C(F)(F)F)c1. The van der Waals surface area contributed by atoms with E-state index in [-0.39, 0.29) is 17.7 Å². The number of ether oxygens (including phenoxy) is 1. The molecule has 2 amide bonds. The summed E-state index contributed by atoms with van der Waals surface area (Å²) in [7, 11) is 0. The van der Waals surface area contributed by atoms with Crippen molar-refractivity contribution in [2.24, 2.45) is 0 Å². The number of carbonyl (C=O) groups excluding carboxylic acids is 2. The van der Waals surface area contributed by atoms with E-state index < -0.39 is 35.5 Å². The molecule has 5 nitrogen and oxygen atoms in total. The Morgan fingerprint density at radius 1 is 1.07 bits per heavy atom. The van der Waals surface area contributed by atoms with Crippen LogP contribution in [-0.4, -0.2) is 17.9 Å². The first kappa shape index (κ1) is 20.2. The van der Waals surface area contributed by atoms with Crippen LogP contribution in [0.2, 0.25) is 0 Å². The number of halogens is 4. The number of hydrogen-bond acceptors (Lipinski definition) is 3. The molecule has 1 atom stereocenters. The van der Waals surface area contributed by atoms with E-state index in [1.807, 2.05) is 0 Å². The van der Waals surface area contributed by atoms with Gasteiger partial charge in [0, 0.05) is 0 Å². The minimum atomic E-state index is -4.51. The first-order valence-corrected chi connectivity index (χ1v) is 7.82. The molecule has 9 heteroatoms. The smallest absolute Gasteiger partial charge is 0.416 e. The third-order valence-corrected chi connectivity index (χ3v) is 3.44. The number of hydrogen-bond donors (Lipinski definition) is 2. The lowest BCUT2D eigenvalue weighted by molar-refractivity contribution is -0.137. The van der Waals surface area contributed by atoms with Gasteiger partial charge in [0.25, 0.3) is 5.91 Å². The average molecular weight is 384 g/mol. The first-order valence-electron chi connectivity index (χ1n) is 7.82. The second-order valence-corrected chi connectivity index (χ2v) is 5.63. The van der Waals surface area contributed by atoms with Gasteiger partial charge in [-0.25, -0.2) is 4.39 Å². The summed E-state index contributed by atoms with van der Waals surface area (Å²) in [5.74, 6) is -1.58. The minimum Gasteiger partial charge on any atom is -0.481 e. The van der Waals surface area contributed by atoms with E-state index in [4.69, 9.17) is 4.74 Å². The number of amides is 2. The second kappa shape index (κ2) is 8.52. The fourth-order valence-electron chi connectivity index (χ4n) is 2.09. The zero-order valence-corrected chi connectivity index (χ0v) is 14.1. The van der Waals surface area contributed by atoms with Gasteiger partial charge in [-0.1, -0.05) is 18.2 Å². The number of nitrogens with one attached hydrogen (secondary N) is 2. The second-order valence-electron chi connectivity index (χ2n) is 5.63. The lowest BCUT2D eigenvalue weighted by Gasteiger charge is -2.15.